The lowest BCUT2D eigenvalue weighted by Crippen LogP contribution is -2.48. The summed E-state index contributed by atoms with van der Waals surface area (Å²) < 4.78 is 5.32. The summed E-state index contributed by atoms with van der Waals surface area (Å²) in [6, 6.07) is 3.66. The van der Waals surface area contributed by atoms with Gasteiger partial charge in [-0.05, 0) is 30.4 Å². The fourth-order valence-electron chi connectivity index (χ4n) is 3.22. The number of morpholine rings is 1. The van der Waals surface area contributed by atoms with Gasteiger partial charge in [-0.25, -0.2) is 4.79 Å². The number of anilines is 1. The number of likely N-dealkylation sites (tertiary alicyclic amines) is 1. The Hall–Kier alpha value is -1.64. The van der Waals surface area contributed by atoms with Gasteiger partial charge in [0.1, 0.15) is 0 Å². The van der Waals surface area contributed by atoms with Crippen LogP contribution in [-0.2, 0) is 9.53 Å². The molecule has 3 heterocycles. The third-order valence-corrected chi connectivity index (χ3v) is 5.45. The normalized spacial score (nSPS) is 21.8. The van der Waals surface area contributed by atoms with E-state index in [1.165, 1.54) is 11.3 Å². The van der Waals surface area contributed by atoms with Crippen LogP contribution in [0.15, 0.2) is 17.5 Å². The Morgan fingerprint density at radius 3 is 2.88 bits per heavy atom. The third-order valence-electron chi connectivity index (χ3n) is 4.66. The number of nitrogens with zero attached hydrogens (tertiary/aromatic N) is 2. The van der Waals surface area contributed by atoms with Crippen molar-refractivity contribution in [2.75, 3.05) is 57.8 Å². The SMILES string of the molecule is O=C(NCCN1CCOCC1)C1CCCN(C(=O)Nc2cccs2)C1. The first kappa shape index (κ1) is 18.2. The molecule has 2 aliphatic heterocycles. The lowest BCUT2D eigenvalue weighted by atomic mass is 9.97. The number of amides is 3. The van der Waals surface area contributed by atoms with Crippen LogP contribution in [0.1, 0.15) is 12.8 Å². The van der Waals surface area contributed by atoms with Crippen LogP contribution in [0.25, 0.3) is 0 Å². The summed E-state index contributed by atoms with van der Waals surface area (Å²) in [6.07, 6.45) is 1.70. The first-order valence-corrected chi connectivity index (χ1v) is 9.77. The Labute approximate surface area is 152 Å². The van der Waals surface area contributed by atoms with E-state index in [4.69, 9.17) is 4.74 Å². The van der Waals surface area contributed by atoms with E-state index in [0.29, 0.717) is 19.6 Å². The summed E-state index contributed by atoms with van der Waals surface area (Å²) in [5.74, 6) is -0.0607. The second kappa shape index (κ2) is 9.17. The highest BCUT2D eigenvalue weighted by Crippen LogP contribution is 2.20. The average molecular weight is 366 g/mol. The molecule has 1 aromatic heterocycles. The van der Waals surface area contributed by atoms with Gasteiger partial charge in [0, 0.05) is 39.3 Å². The topological polar surface area (TPSA) is 73.9 Å². The number of piperidine rings is 1. The van der Waals surface area contributed by atoms with Gasteiger partial charge in [0.05, 0.1) is 24.1 Å². The predicted molar refractivity (Wildman–Crippen MR) is 97.9 cm³/mol. The number of ether oxygens (including phenoxy) is 1. The van der Waals surface area contributed by atoms with Crippen LogP contribution in [0, 0.1) is 5.92 Å². The van der Waals surface area contributed by atoms with Crippen molar-refractivity contribution in [1.82, 2.24) is 15.1 Å². The zero-order valence-electron chi connectivity index (χ0n) is 14.4. The van der Waals surface area contributed by atoms with Gasteiger partial charge in [0.15, 0.2) is 0 Å². The zero-order valence-corrected chi connectivity index (χ0v) is 15.2. The second-order valence-corrected chi connectivity index (χ2v) is 7.39. The van der Waals surface area contributed by atoms with Gasteiger partial charge < -0.3 is 15.0 Å². The molecule has 0 radical (unpaired) electrons. The fourth-order valence-corrected chi connectivity index (χ4v) is 3.82. The molecule has 3 rings (SSSR count). The molecule has 0 aromatic carbocycles. The average Bonchev–Trinajstić information content (AvgIpc) is 3.15. The molecule has 7 nitrogen and oxygen atoms in total. The molecule has 1 atom stereocenters. The van der Waals surface area contributed by atoms with E-state index in [2.05, 4.69) is 15.5 Å². The van der Waals surface area contributed by atoms with Crippen LogP contribution < -0.4 is 10.6 Å². The van der Waals surface area contributed by atoms with Crippen molar-refractivity contribution >= 4 is 28.3 Å². The lowest BCUT2D eigenvalue weighted by molar-refractivity contribution is -0.126. The molecule has 8 heteroatoms. The zero-order chi connectivity index (χ0) is 17.5. The minimum Gasteiger partial charge on any atom is -0.379 e. The van der Waals surface area contributed by atoms with Crippen LogP contribution in [0.3, 0.4) is 0 Å². The van der Waals surface area contributed by atoms with Crippen molar-refractivity contribution in [3.8, 4) is 0 Å². The van der Waals surface area contributed by atoms with E-state index < -0.39 is 0 Å². The minimum absolute atomic E-state index is 0.0573. The first-order chi connectivity index (χ1) is 12.2. The van der Waals surface area contributed by atoms with Gasteiger partial charge in [0.25, 0.3) is 0 Å². The highest BCUT2D eigenvalue weighted by atomic mass is 32.1. The number of hydrogen-bond acceptors (Lipinski definition) is 5. The van der Waals surface area contributed by atoms with E-state index in [0.717, 1.165) is 50.7 Å². The van der Waals surface area contributed by atoms with Gasteiger partial charge in [-0.1, -0.05) is 0 Å². The van der Waals surface area contributed by atoms with E-state index in [9.17, 15) is 9.59 Å². The number of rotatable bonds is 5. The molecule has 2 N–H and O–H groups in total. The number of hydrogen-bond donors (Lipinski definition) is 2. The van der Waals surface area contributed by atoms with Gasteiger partial charge in [0.2, 0.25) is 5.91 Å². The monoisotopic (exact) mass is 366 g/mol. The molecule has 2 aliphatic rings. The largest absolute Gasteiger partial charge is 0.379 e. The molecular weight excluding hydrogens is 340 g/mol. The summed E-state index contributed by atoms with van der Waals surface area (Å²) in [5.41, 5.74) is 0. The predicted octanol–water partition coefficient (Wildman–Crippen LogP) is 1.44. The Morgan fingerprint density at radius 1 is 1.28 bits per heavy atom. The summed E-state index contributed by atoms with van der Waals surface area (Å²) in [4.78, 5) is 28.8. The Kier molecular flexibility index (Phi) is 6.66. The maximum atomic E-state index is 12.4. The highest BCUT2D eigenvalue weighted by Gasteiger charge is 2.28. The summed E-state index contributed by atoms with van der Waals surface area (Å²) in [6.45, 7) is 6.08. The molecule has 2 fully saturated rings. The molecule has 1 aromatic rings. The lowest BCUT2D eigenvalue weighted by Gasteiger charge is -2.32. The number of nitrogens with one attached hydrogen (secondary N) is 2. The maximum absolute atomic E-state index is 12.4. The van der Waals surface area contributed by atoms with Crippen molar-refractivity contribution in [1.29, 1.82) is 0 Å². The van der Waals surface area contributed by atoms with Crippen LogP contribution in [-0.4, -0.2) is 74.2 Å². The van der Waals surface area contributed by atoms with E-state index in [-0.39, 0.29) is 17.9 Å². The van der Waals surface area contributed by atoms with E-state index in [1.54, 1.807) is 4.90 Å². The maximum Gasteiger partial charge on any atom is 0.322 e. The summed E-state index contributed by atoms with van der Waals surface area (Å²) in [7, 11) is 0. The molecular formula is C17H26N4O3S. The number of urea groups is 1. The summed E-state index contributed by atoms with van der Waals surface area (Å²) in [5, 5.41) is 8.68. The van der Waals surface area contributed by atoms with Gasteiger partial charge >= 0.3 is 6.03 Å². The van der Waals surface area contributed by atoms with Crippen LogP contribution in [0.5, 0.6) is 0 Å². The number of carbonyl (C=O) groups is 2. The standard InChI is InChI=1S/C17H26N4O3S/c22-16(18-5-7-20-8-10-24-11-9-20)14-3-1-6-21(13-14)17(23)19-15-4-2-12-25-15/h2,4,12,14H,1,3,5-11,13H2,(H,18,22)(H,19,23). The van der Waals surface area contributed by atoms with Crippen molar-refractivity contribution in [3.05, 3.63) is 17.5 Å². The smallest absolute Gasteiger partial charge is 0.322 e. The summed E-state index contributed by atoms with van der Waals surface area (Å²) >= 11 is 1.50. The third kappa shape index (κ3) is 5.42. The molecule has 0 aliphatic carbocycles. The molecule has 3 amide bonds. The van der Waals surface area contributed by atoms with Crippen LogP contribution >= 0.6 is 11.3 Å². The van der Waals surface area contributed by atoms with Crippen molar-refractivity contribution < 1.29 is 14.3 Å². The molecule has 1 unspecified atom stereocenters. The van der Waals surface area contributed by atoms with Gasteiger partial charge in [-0.15, -0.1) is 11.3 Å². The molecule has 25 heavy (non-hydrogen) atoms. The molecule has 0 spiro atoms. The Bertz CT molecular complexity index is 560. The quantitative estimate of drug-likeness (QED) is 0.827. The van der Waals surface area contributed by atoms with Crippen molar-refractivity contribution in [3.63, 3.8) is 0 Å². The van der Waals surface area contributed by atoms with Crippen molar-refractivity contribution in [2.45, 2.75) is 12.8 Å². The van der Waals surface area contributed by atoms with Gasteiger partial charge in [-0.3, -0.25) is 15.0 Å². The van der Waals surface area contributed by atoms with Gasteiger partial charge in [-0.2, -0.15) is 0 Å². The van der Waals surface area contributed by atoms with Crippen molar-refractivity contribution in [2.24, 2.45) is 5.92 Å². The van der Waals surface area contributed by atoms with E-state index in [1.807, 2.05) is 17.5 Å². The second-order valence-electron chi connectivity index (χ2n) is 6.44. The first-order valence-electron chi connectivity index (χ1n) is 8.89. The number of thiophene rings is 1. The Morgan fingerprint density at radius 2 is 2.12 bits per heavy atom. The van der Waals surface area contributed by atoms with Crippen LogP contribution in [0.2, 0.25) is 0 Å². The molecule has 0 saturated carbocycles. The molecule has 138 valence electrons. The van der Waals surface area contributed by atoms with E-state index >= 15 is 0 Å². The van der Waals surface area contributed by atoms with Crippen LogP contribution in [0.4, 0.5) is 9.80 Å². The fraction of sp³-hybridized carbons (Fsp3) is 0.647. The highest BCUT2D eigenvalue weighted by molar-refractivity contribution is 7.14. The molecule has 0 bridgehead atoms. The molecule has 2 saturated heterocycles. The Balaban J connectivity index is 1.40. The minimum atomic E-state index is -0.118. The number of carbonyl (C=O) groups excluding carboxylic acids is 2.